The van der Waals surface area contributed by atoms with Crippen LogP contribution in [-0.4, -0.2) is 19.5 Å². The SMILES string of the molecule is CC(C)(C)c1nc2ccccc2n1-c1ccncn1. The van der Waals surface area contributed by atoms with Crippen molar-refractivity contribution in [3.8, 4) is 5.82 Å². The minimum Gasteiger partial charge on any atom is -0.280 e. The first-order chi connectivity index (χ1) is 9.07. The highest BCUT2D eigenvalue weighted by atomic mass is 15.2. The summed E-state index contributed by atoms with van der Waals surface area (Å²) >= 11 is 0. The molecule has 0 saturated carbocycles. The number of benzene rings is 1. The van der Waals surface area contributed by atoms with Crippen LogP contribution >= 0.6 is 0 Å². The second-order valence-corrected chi connectivity index (χ2v) is 5.58. The zero-order valence-corrected chi connectivity index (χ0v) is 11.3. The number of rotatable bonds is 1. The van der Waals surface area contributed by atoms with Crippen LogP contribution in [0.4, 0.5) is 0 Å². The second-order valence-electron chi connectivity index (χ2n) is 5.58. The van der Waals surface area contributed by atoms with Gasteiger partial charge in [-0.2, -0.15) is 0 Å². The van der Waals surface area contributed by atoms with Gasteiger partial charge in [0.1, 0.15) is 18.0 Å². The molecule has 96 valence electrons. The van der Waals surface area contributed by atoms with Crippen LogP contribution in [0.5, 0.6) is 0 Å². The number of aromatic nitrogens is 4. The van der Waals surface area contributed by atoms with Gasteiger partial charge in [-0.25, -0.2) is 15.0 Å². The van der Waals surface area contributed by atoms with Gasteiger partial charge in [-0.3, -0.25) is 4.57 Å². The summed E-state index contributed by atoms with van der Waals surface area (Å²) in [5, 5.41) is 0. The van der Waals surface area contributed by atoms with Crippen molar-refractivity contribution in [1.82, 2.24) is 19.5 Å². The number of para-hydroxylation sites is 2. The van der Waals surface area contributed by atoms with Gasteiger partial charge in [0, 0.05) is 11.6 Å². The highest BCUT2D eigenvalue weighted by molar-refractivity contribution is 5.78. The fraction of sp³-hybridized carbons (Fsp3) is 0.267. The maximum Gasteiger partial charge on any atom is 0.141 e. The number of hydrogen-bond acceptors (Lipinski definition) is 3. The van der Waals surface area contributed by atoms with E-state index >= 15 is 0 Å². The molecule has 3 rings (SSSR count). The Morgan fingerprint density at radius 2 is 1.84 bits per heavy atom. The number of nitrogens with zero attached hydrogens (tertiary/aromatic N) is 4. The minimum atomic E-state index is -0.0516. The van der Waals surface area contributed by atoms with Gasteiger partial charge in [0.05, 0.1) is 11.0 Å². The Labute approximate surface area is 112 Å². The van der Waals surface area contributed by atoms with Crippen molar-refractivity contribution < 1.29 is 0 Å². The van der Waals surface area contributed by atoms with Gasteiger partial charge in [-0.15, -0.1) is 0 Å². The molecule has 0 spiro atoms. The van der Waals surface area contributed by atoms with Gasteiger partial charge >= 0.3 is 0 Å². The van der Waals surface area contributed by atoms with Crippen LogP contribution in [0, 0.1) is 0 Å². The largest absolute Gasteiger partial charge is 0.280 e. The summed E-state index contributed by atoms with van der Waals surface area (Å²) in [7, 11) is 0. The molecule has 4 heteroatoms. The molecule has 3 aromatic rings. The van der Waals surface area contributed by atoms with Gasteiger partial charge in [0.15, 0.2) is 0 Å². The summed E-state index contributed by atoms with van der Waals surface area (Å²) in [6.45, 7) is 6.48. The van der Waals surface area contributed by atoms with E-state index in [0.717, 1.165) is 22.7 Å². The Morgan fingerprint density at radius 1 is 1.05 bits per heavy atom. The molecular formula is C15H16N4. The molecule has 0 unspecified atom stereocenters. The predicted octanol–water partition coefficient (Wildman–Crippen LogP) is 3.11. The van der Waals surface area contributed by atoms with Crippen molar-refractivity contribution in [1.29, 1.82) is 0 Å². The van der Waals surface area contributed by atoms with E-state index in [1.807, 2.05) is 24.3 Å². The third-order valence-electron chi connectivity index (χ3n) is 3.03. The van der Waals surface area contributed by atoms with E-state index in [1.54, 1.807) is 12.5 Å². The lowest BCUT2D eigenvalue weighted by Crippen LogP contribution is -2.18. The Kier molecular flexibility index (Phi) is 2.59. The quantitative estimate of drug-likeness (QED) is 0.668. The van der Waals surface area contributed by atoms with Gasteiger partial charge in [-0.1, -0.05) is 32.9 Å². The molecular weight excluding hydrogens is 236 g/mol. The van der Waals surface area contributed by atoms with Crippen LogP contribution in [0.1, 0.15) is 26.6 Å². The first-order valence-electron chi connectivity index (χ1n) is 6.32. The third-order valence-corrected chi connectivity index (χ3v) is 3.03. The molecule has 0 fully saturated rings. The van der Waals surface area contributed by atoms with E-state index < -0.39 is 0 Å². The van der Waals surface area contributed by atoms with Crippen LogP contribution < -0.4 is 0 Å². The predicted molar refractivity (Wildman–Crippen MR) is 75.4 cm³/mol. The standard InChI is InChI=1S/C15H16N4/c1-15(2,3)14-18-11-6-4-5-7-12(11)19(14)13-8-9-16-10-17-13/h4-10H,1-3H3. The topological polar surface area (TPSA) is 43.6 Å². The van der Waals surface area contributed by atoms with Crippen molar-refractivity contribution >= 4 is 11.0 Å². The van der Waals surface area contributed by atoms with E-state index in [1.165, 1.54) is 0 Å². The van der Waals surface area contributed by atoms with Crippen molar-refractivity contribution in [2.45, 2.75) is 26.2 Å². The highest BCUT2D eigenvalue weighted by Gasteiger charge is 2.23. The Bertz CT molecular complexity index is 708. The van der Waals surface area contributed by atoms with Crippen molar-refractivity contribution in [3.05, 3.63) is 48.7 Å². The molecule has 0 saturated heterocycles. The summed E-state index contributed by atoms with van der Waals surface area (Å²) in [4.78, 5) is 13.1. The molecule has 19 heavy (non-hydrogen) atoms. The van der Waals surface area contributed by atoms with E-state index in [-0.39, 0.29) is 5.41 Å². The molecule has 0 aliphatic rings. The minimum absolute atomic E-state index is 0.0516. The molecule has 0 atom stereocenters. The van der Waals surface area contributed by atoms with E-state index in [9.17, 15) is 0 Å². The van der Waals surface area contributed by atoms with Crippen LogP contribution in [-0.2, 0) is 5.41 Å². The first kappa shape index (κ1) is 11.8. The fourth-order valence-corrected chi connectivity index (χ4v) is 2.18. The van der Waals surface area contributed by atoms with Gasteiger partial charge in [0.2, 0.25) is 0 Å². The molecule has 0 aliphatic carbocycles. The van der Waals surface area contributed by atoms with Gasteiger partial charge < -0.3 is 0 Å². The average Bonchev–Trinajstić information content (AvgIpc) is 2.79. The molecule has 0 amide bonds. The third kappa shape index (κ3) is 1.99. The fourth-order valence-electron chi connectivity index (χ4n) is 2.18. The highest BCUT2D eigenvalue weighted by Crippen LogP contribution is 2.28. The zero-order valence-electron chi connectivity index (χ0n) is 11.3. The van der Waals surface area contributed by atoms with Gasteiger partial charge in [-0.05, 0) is 18.2 Å². The Balaban J connectivity index is 2.38. The molecule has 0 aliphatic heterocycles. The summed E-state index contributed by atoms with van der Waals surface area (Å²) in [6.07, 6.45) is 3.32. The van der Waals surface area contributed by atoms with E-state index in [2.05, 4.69) is 41.4 Å². The van der Waals surface area contributed by atoms with Crippen LogP contribution in [0.25, 0.3) is 16.9 Å². The van der Waals surface area contributed by atoms with Crippen molar-refractivity contribution in [3.63, 3.8) is 0 Å². The maximum absolute atomic E-state index is 4.76. The first-order valence-corrected chi connectivity index (χ1v) is 6.32. The normalized spacial score (nSPS) is 11.9. The van der Waals surface area contributed by atoms with Crippen molar-refractivity contribution in [2.75, 3.05) is 0 Å². The molecule has 0 bridgehead atoms. The molecule has 0 radical (unpaired) electrons. The summed E-state index contributed by atoms with van der Waals surface area (Å²) in [5.41, 5.74) is 2.02. The summed E-state index contributed by atoms with van der Waals surface area (Å²) < 4.78 is 2.11. The molecule has 4 nitrogen and oxygen atoms in total. The Morgan fingerprint density at radius 3 is 2.53 bits per heavy atom. The van der Waals surface area contributed by atoms with Crippen LogP contribution in [0.15, 0.2) is 42.9 Å². The lowest BCUT2D eigenvalue weighted by molar-refractivity contribution is 0.537. The smallest absolute Gasteiger partial charge is 0.141 e. The monoisotopic (exact) mass is 252 g/mol. The second kappa shape index (κ2) is 4.16. The lowest BCUT2D eigenvalue weighted by atomic mass is 9.95. The van der Waals surface area contributed by atoms with Crippen molar-refractivity contribution in [2.24, 2.45) is 0 Å². The number of hydrogen-bond donors (Lipinski definition) is 0. The maximum atomic E-state index is 4.76. The Hall–Kier alpha value is -2.23. The van der Waals surface area contributed by atoms with E-state index in [4.69, 9.17) is 4.98 Å². The zero-order chi connectivity index (χ0) is 13.5. The number of imidazole rings is 1. The van der Waals surface area contributed by atoms with Crippen LogP contribution in [0.2, 0.25) is 0 Å². The summed E-state index contributed by atoms with van der Waals surface area (Å²) in [5.74, 6) is 1.86. The average molecular weight is 252 g/mol. The number of fused-ring (bicyclic) bond motifs is 1. The van der Waals surface area contributed by atoms with E-state index in [0.29, 0.717) is 0 Å². The van der Waals surface area contributed by atoms with Gasteiger partial charge in [0.25, 0.3) is 0 Å². The molecule has 2 aromatic heterocycles. The molecule has 2 heterocycles. The molecule has 1 aromatic carbocycles. The molecule has 0 N–H and O–H groups in total. The van der Waals surface area contributed by atoms with Crippen LogP contribution in [0.3, 0.4) is 0 Å². The summed E-state index contributed by atoms with van der Waals surface area (Å²) in [6, 6.07) is 10.0. The lowest BCUT2D eigenvalue weighted by Gasteiger charge is -2.19.